The van der Waals surface area contributed by atoms with Crippen molar-refractivity contribution >= 4 is 57.9 Å². The van der Waals surface area contributed by atoms with Gasteiger partial charge in [-0.2, -0.15) is 0 Å². The molecule has 1 amide bonds. The highest BCUT2D eigenvalue weighted by molar-refractivity contribution is 7.92. The summed E-state index contributed by atoms with van der Waals surface area (Å²) in [5.41, 5.74) is 4.26. The van der Waals surface area contributed by atoms with Gasteiger partial charge >= 0.3 is 0 Å². The fourth-order valence-electron chi connectivity index (χ4n) is 3.40. The quantitative estimate of drug-likeness (QED) is 0.345. The largest absolute Gasteiger partial charge is 0.493 e. The predicted molar refractivity (Wildman–Crippen MR) is 143 cm³/mol. The lowest BCUT2D eigenvalue weighted by molar-refractivity contribution is 0.0974. The minimum absolute atomic E-state index is 0.0814. The Kier molecular flexibility index (Phi) is 7.96. The number of anilines is 2. The van der Waals surface area contributed by atoms with Gasteiger partial charge in [-0.3, -0.25) is 14.8 Å². The van der Waals surface area contributed by atoms with Gasteiger partial charge in [0.2, 0.25) is 0 Å². The van der Waals surface area contributed by atoms with Crippen molar-refractivity contribution < 1.29 is 17.9 Å². The number of carbonyl (C=O) groups is 1. The van der Waals surface area contributed by atoms with E-state index in [1.54, 1.807) is 36.4 Å². The second-order valence-electron chi connectivity index (χ2n) is 7.85. The summed E-state index contributed by atoms with van der Waals surface area (Å²) in [7, 11) is -1.87. The Labute approximate surface area is 206 Å². The van der Waals surface area contributed by atoms with Crippen LogP contribution in [-0.4, -0.2) is 33.9 Å². The van der Waals surface area contributed by atoms with Crippen LogP contribution in [0.2, 0.25) is 0 Å². The number of rotatable bonds is 7. The van der Waals surface area contributed by atoms with Crippen LogP contribution in [0.1, 0.15) is 28.4 Å². The van der Waals surface area contributed by atoms with Crippen molar-refractivity contribution in [1.82, 2.24) is 5.32 Å². The summed E-state index contributed by atoms with van der Waals surface area (Å²) in [4.78, 5) is 12.8. The van der Waals surface area contributed by atoms with Crippen LogP contribution in [0.4, 0.5) is 11.4 Å². The van der Waals surface area contributed by atoms with E-state index in [0.717, 1.165) is 16.6 Å². The minimum Gasteiger partial charge on any atom is -0.493 e. The molecule has 0 unspecified atom stereocenters. The number of hydrogen-bond donors (Lipinski definition) is 3. The standard InChI is InChI=1S/C24H26BN3O4S2/c1-4-32-22-10-5-17(25)14-21(22)23(29)27-24(33)26-18-6-8-20(9-7-18)34(30,31)28-19-12-15(2)11-16(3)13-19/h5-14,28H,4,25H2,1-3H3,(H2,26,27,29,33). The van der Waals surface area contributed by atoms with Crippen LogP contribution < -0.4 is 25.6 Å². The van der Waals surface area contributed by atoms with Gasteiger partial charge in [0.1, 0.15) is 13.6 Å². The Morgan fingerprint density at radius 1 is 0.971 bits per heavy atom. The van der Waals surface area contributed by atoms with Crippen LogP contribution >= 0.6 is 12.2 Å². The van der Waals surface area contributed by atoms with Gasteiger partial charge in [-0.1, -0.05) is 23.7 Å². The topological polar surface area (TPSA) is 96.5 Å². The molecule has 3 N–H and O–H groups in total. The summed E-state index contributed by atoms with van der Waals surface area (Å²) < 4.78 is 33.6. The molecule has 0 aliphatic heterocycles. The normalized spacial score (nSPS) is 10.9. The van der Waals surface area contributed by atoms with Crippen LogP contribution in [0, 0.1) is 13.8 Å². The number of aryl methyl sites for hydroxylation is 2. The van der Waals surface area contributed by atoms with Crippen LogP contribution in [-0.2, 0) is 10.0 Å². The predicted octanol–water partition coefficient (Wildman–Crippen LogP) is 2.89. The molecule has 0 saturated carbocycles. The van der Waals surface area contributed by atoms with Gasteiger partial charge in [0.05, 0.1) is 17.1 Å². The zero-order valence-corrected chi connectivity index (χ0v) is 21.1. The summed E-state index contributed by atoms with van der Waals surface area (Å²) >= 11 is 5.26. The highest BCUT2D eigenvalue weighted by Crippen LogP contribution is 2.21. The fourth-order valence-corrected chi connectivity index (χ4v) is 4.65. The molecule has 3 aromatic rings. The molecule has 34 heavy (non-hydrogen) atoms. The van der Waals surface area contributed by atoms with E-state index in [4.69, 9.17) is 17.0 Å². The molecule has 0 aliphatic rings. The van der Waals surface area contributed by atoms with E-state index in [1.165, 1.54) is 12.1 Å². The lowest BCUT2D eigenvalue weighted by Crippen LogP contribution is -2.34. The van der Waals surface area contributed by atoms with Crippen LogP contribution in [0.5, 0.6) is 5.75 Å². The van der Waals surface area contributed by atoms with Crippen molar-refractivity contribution in [3.63, 3.8) is 0 Å². The maximum atomic E-state index is 12.7. The van der Waals surface area contributed by atoms with Crippen molar-refractivity contribution in [3.8, 4) is 5.75 Å². The number of amides is 1. The zero-order chi connectivity index (χ0) is 24.9. The van der Waals surface area contributed by atoms with Crippen molar-refractivity contribution in [2.45, 2.75) is 25.7 Å². The number of thiocarbonyl (C=S) groups is 1. The lowest BCUT2D eigenvalue weighted by Gasteiger charge is -2.14. The molecule has 0 bridgehead atoms. The summed E-state index contributed by atoms with van der Waals surface area (Å²) in [5, 5.41) is 5.61. The van der Waals surface area contributed by atoms with Crippen molar-refractivity contribution in [2.24, 2.45) is 0 Å². The van der Waals surface area contributed by atoms with E-state index >= 15 is 0 Å². The molecule has 176 valence electrons. The average Bonchev–Trinajstić information content (AvgIpc) is 2.74. The summed E-state index contributed by atoms with van der Waals surface area (Å²) in [5.74, 6) is 0.0701. The maximum absolute atomic E-state index is 12.7. The lowest BCUT2D eigenvalue weighted by atomic mass is 9.94. The van der Waals surface area contributed by atoms with E-state index in [9.17, 15) is 13.2 Å². The molecule has 0 saturated heterocycles. The molecule has 0 aliphatic carbocycles. The highest BCUT2D eigenvalue weighted by atomic mass is 32.2. The smallest absolute Gasteiger partial charge is 0.261 e. The third-order valence-corrected chi connectivity index (χ3v) is 6.40. The number of nitrogens with one attached hydrogen (secondary N) is 3. The molecule has 3 aromatic carbocycles. The minimum atomic E-state index is -3.76. The number of hydrogen-bond acceptors (Lipinski definition) is 5. The van der Waals surface area contributed by atoms with Crippen LogP contribution in [0.25, 0.3) is 0 Å². The number of ether oxygens (including phenoxy) is 1. The molecule has 0 aromatic heterocycles. The van der Waals surface area contributed by atoms with Gasteiger partial charge in [-0.15, -0.1) is 0 Å². The Morgan fingerprint density at radius 3 is 2.24 bits per heavy atom. The van der Waals surface area contributed by atoms with E-state index in [-0.39, 0.29) is 10.0 Å². The molecule has 3 rings (SSSR count). The average molecular weight is 495 g/mol. The molecule has 10 heteroatoms. The first-order valence-electron chi connectivity index (χ1n) is 10.6. The maximum Gasteiger partial charge on any atom is 0.261 e. The first kappa shape index (κ1) is 25.3. The monoisotopic (exact) mass is 495 g/mol. The summed E-state index contributed by atoms with van der Waals surface area (Å²) in [6.45, 7) is 6.09. The molecule has 0 fully saturated rings. The van der Waals surface area contributed by atoms with Gasteiger partial charge < -0.3 is 10.1 Å². The first-order valence-corrected chi connectivity index (χ1v) is 12.5. The van der Waals surface area contributed by atoms with Crippen molar-refractivity contribution in [1.29, 1.82) is 0 Å². The van der Waals surface area contributed by atoms with E-state index < -0.39 is 15.9 Å². The molecule has 0 spiro atoms. The second-order valence-corrected chi connectivity index (χ2v) is 9.94. The molecule has 7 nitrogen and oxygen atoms in total. The van der Waals surface area contributed by atoms with Gasteiger partial charge in [-0.05, 0) is 86.6 Å². The Balaban J connectivity index is 1.67. The number of carbonyl (C=O) groups excluding carboxylic acids is 1. The van der Waals surface area contributed by atoms with Gasteiger partial charge in [0.25, 0.3) is 15.9 Å². The van der Waals surface area contributed by atoms with E-state index in [0.29, 0.717) is 29.3 Å². The SMILES string of the molecule is Bc1ccc(OCC)c(C(=O)NC(=S)Nc2ccc(S(=O)(=O)Nc3cc(C)cc(C)c3)cc2)c1. The Morgan fingerprint density at radius 2 is 1.62 bits per heavy atom. The number of benzene rings is 3. The number of sulfonamides is 1. The van der Waals surface area contributed by atoms with E-state index in [2.05, 4.69) is 15.4 Å². The summed E-state index contributed by atoms with van der Waals surface area (Å²) in [6, 6.07) is 16.9. The van der Waals surface area contributed by atoms with Gasteiger partial charge in [0.15, 0.2) is 5.11 Å². The highest BCUT2D eigenvalue weighted by Gasteiger charge is 2.16. The third kappa shape index (κ3) is 6.58. The Bertz CT molecular complexity index is 1310. The van der Waals surface area contributed by atoms with Crippen molar-refractivity contribution in [3.05, 3.63) is 77.4 Å². The molecule has 0 radical (unpaired) electrons. The van der Waals surface area contributed by atoms with Gasteiger partial charge in [-0.25, -0.2) is 8.42 Å². The third-order valence-electron chi connectivity index (χ3n) is 4.80. The molecule has 0 atom stereocenters. The van der Waals surface area contributed by atoms with Gasteiger partial charge in [0, 0.05) is 11.4 Å². The second kappa shape index (κ2) is 10.7. The molecule has 0 heterocycles. The molecular formula is C24H26BN3O4S2. The summed E-state index contributed by atoms with van der Waals surface area (Å²) in [6.07, 6.45) is 0. The first-order chi connectivity index (χ1) is 16.1. The zero-order valence-electron chi connectivity index (χ0n) is 19.4. The van der Waals surface area contributed by atoms with Crippen LogP contribution in [0.3, 0.4) is 0 Å². The van der Waals surface area contributed by atoms with Crippen molar-refractivity contribution in [2.75, 3.05) is 16.6 Å². The fraction of sp³-hybridized carbons (Fsp3) is 0.167. The molecular weight excluding hydrogens is 469 g/mol. The van der Waals surface area contributed by atoms with E-state index in [1.807, 2.05) is 40.8 Å². The van der Waals surface area contributed by atoms with Crippen LogP contribution in [0.15, 0.2) is 65.6 Å². The Hall–Kier alpha value is -3.37.